The highest BCUT2D eigenvalue weighted by Gasteiger charge is 2.21. The number of pyridine rings is 1. The fourth-order valence-electron chi connectivity index (χ4n) is 3.82. The number of anilines is 1. The van der Waals surface area contributed by atoms with E-state index in [0.717, 1.165) is 47.8 Å². The van der Waals surface area contributed by atoms with E-state index in [9.17, 15) is 5.11 Å². The second-order valence-electron chi connectivity index (χ2n) is 7.22. The molecule has 0 atom stereocenters. The van der Waals surface area contributed by atoms with Gasteiger partial charge in [0.25, 0.3) is 0 Å². The minimum Gasteiger partial charge on any atom is -0.508 e. The molecule has 0 saturated heterocycles. The van der Waals surface area contributed by atoms with Gasteiger partial charge in [-0.3, -0.25) is 4.98 Å². The average Bonchev–Trinajstić information content (AvgIpc) is 2.68. The van der Waals surface area contributed by atoms with Crippen molar-refractivity contribution in [1.29, 1.82) is 0 Å². The first kappa shape index (κ1) is 23.6. The summed E-state index contributed by atoms with van der Waals surface area (Å²) in [5, 5.41) is 19.0. The molecule has 7 heteroatoms. The quantitative estimate of drug-likeness (QED) is 0.446. The summed E-state index contributed by atoms with van der Waals surface area (Å²) >= 11 is 6.08. The van der Waals surface area contributed by atoms with Gasteiger partial charge in [-0.2, -0.15) is 0 Å². The zero-order chi connectivity index (χ0) is 18.6. The van der Waals surface area contributed by atoms with Gasteiger partial charge in [-0.15, -0.1) is 24.8 Å². The maximum Gasteiger partial charge on any atom is 0.120 e. The lowest BCUT2D eigenvalue weighted by Gasteiger charge is -2.30. The molecule has 3 N–H and O–H groups in total. The van der Waals surface area contributed by atoms with Crippen LogP contribution in [0.4, 0.5) is 5.69 Å². The van der Waals surface area contributed by atoms with Crippen LogP contribution in [-0.2, 0) is 6.54 Å². The van der Waals surface area contributed by atoms with Crippen LogP contribution in [0.3, 0.4) is 0 Å². The molecule has 0 radical (unpaired) electrons. The fourth-order valence-corrected chi connectivity index (χ4v) is 3.99. The van der Waals surface area contributed by atoms with Gasteiger partial charge in [0, 0.05) is 46.5 Å². The Morgan fingerprint density at radius 1 is 0.966 bits per heavy atom. The molecule has 1 heterocycles. The first-order chi connectivity index (χ1) is 13.2. The van der Waals surface area contributed by atoms with E-state index in [4.69, 9.17) is 11.6 Å². The van der Waals surface area contributed by atoms with Crippen LogP contribution in [0.5, 0.6) is 5.75 Å². The first-order valence-corrected chi connectivity index (χ1v) is 9.88. The molecule has 1 saturated carbocycles. The van der Waals surface area contributed by atoms with Crippen molar-refractivity contribution in [3.8, 4) is 5.75 Å². The number of aromatic nitrogens is 1. The lowest BCUT2D eigenvalue weighted by Crippen LogP contribution is -2.36. The number of rotatable bonds is 5. The van der Waals surface area contributed by atoms with Gasteiger partial charge < -0.3 is 15.7 Å². The Kier molecular flexibility index (Phi) is 8.84. The van der Waals surface area contributed by atoms with Crippen molar-refractivity contribution < 1.29 is 5.11 Å². The Bertz CT molecular complexity index is 930. The molecular weight excluding hydrogens is 429 g/mol. The highest BCUT2D eigenvalue weighted by molar-refractivity contribution is 6.31. The van der Waals surface area contributed by atoms with Crippen LogP contribution in [0, 0.1) is 0 Å². The number of nitrogens with zero attached hydrogens (tertiary/aromatic N) is 1. The second-order valence-corrected chi connectivity index (χ2v) is 7.66. The van der Waals surface area contributed by atoms with Gasteiger partial charge in [0.1, 0.15) is 5.75 Å². The maximum atomic E-state index is 9.89. The summed E-state index contributed by atoms with van der Waals surface area (Å²) in [4.78, 5) is 4.41. The number of fused-ring (bicyclic) bond motifs is 1. The van der Waals surface area contributed by atoms with Crippen LogP contribution >= 0.6 is 36.4 Å². The van der Waals surface area contributed by atoms with Gasteiger partial charge in [0.2, 0.25) is 0 Å². The van der Waals surface area contributed by atoms with Crippen LogP contribution in [0.2, 0.25) is 5.02 Å². The van der Waals surface area contributed by atoms with Crippen molar-refractivity contribution >= 4 is 53.0 Å². The molecule has 0 amide bonds. The molecule has 29 heavy (non-hydrogen) atoms. The molecule has 1 fully saturated rings. The Morgan fingerprint density at radius 3 is 2.45 bits per heavy atom. The minimum absolute atomic E-state index is 0. The second kappa shape index (κ2) is 10.9. The number of nitrogens with one attached hydrogen (secondary N) is 2. The Labute approximate surface area is 188 Å². The maximum absolute atomic E-state index is 9.89. The molecule has 3 aromatic rings. The smallest absolute Gasteiger partial charge is 0.120 e. The van der Waals surface area contributed by atoms with Gasteiger partial charge in [-0.05, 0) is 56.0 Å². The third-order valence-electron chi connectivity index (χ3n) is 5.36. The number of phenols is 1. The van der Waals surface area contributed by atoms with Gasteiger partial charge in [-0.25, -0.2) is 0 Å². The summed E-state index contributed by atoms with van der Waals surface area (Å²) in [6.07, 6.45) is 6.33. The lowest BCUT2D eigenvalue weighted by atomic mass is 9.90. The number of aromatic hydroxyl groups is 1. The van der Waals surface area contributed by atoms with Crippen LogP contribution in [-0.4, -0.2) is 22.2 Å². The molecular formula is C22H26Cl3N3O. The molecule has 0 unspecified atom stereocenters. The average molecular weight is 455 g/mol. The monoisotopic (exact) mass is 453 g/mol. The van der Waals surface area contributed by atoms with Crippen molar-refractivity contribution in [1.82, 2.24) is 10.3 Å². The molecule has 0 bridgehead atoms. The van der Waals surface area contributed by atoms with Gasteiger partial charge >= 0.3 is 0 Å². The van der Waals surface area contributed by atoms with Crippen molar-refractivity contribution in [2.24, 2.45) is 0 Å². The van der Waals surface area contributed by atoms with E-state index in [1.165, 1.54) is 0 Å². The van der Waals surface area contributed by atoms with E-state index in [1.54, 1.807) is 6.07 Å². The van der Waals surface area contributed by atoms with Crippen LogP contribution < -0.4 is 10.6 Å². The van der Waals surface area contributed by atoms with E-state index in [-0.39, 0.29) is 24.8 Å². The summed E-state index contributed by atoms with van der Waals surface area (Å²) in [6, 6.07) is 16.4. The summed E-state index contributed by atoms with van der Waals surface area (Å²) < 4.78 is 0. The Hall–Kier alpha value is -1.72. The molecule has 4 nitrogen and oxygen atoms in total. The van der Waals surface area contributed by atoms with Crippen LogP contribution in [0.15, 0.2) is 54.7 Å². The van der Waals surface area contributed by atoms with Crippen molar-refractivity contribution in [2.75, 3.05) is 5.32 Å². The van der Waals surface area contributed by atoms with E-state index >= 15 is 0 Å². The van der Waals surface area contributed by atoms with Crippen molar-refractivity contribution in [2.45, 2.75) is 44.3 Å². The molecule has 1 aliphatic rings. The summed E-state index contributed by atoms with van der Waals surface area (Å²) in [5.74, 6) is 0.366. The minimum atomic E-state index is 0. The summed E-state index contributed by atoms with van der Waals surface area (Å²) in [5.41, 5.74) is 3.01. The predicted octanol–water partition coefficient (Wildman–Crippen LogP) is 5.95. The summed E-state index contributed by atoms with van der Waals surface area (Å²) in [7, 11) is 0. The van der Waals surface area contributed by atoms with Crippen molar-refractivity contribution in [3.63, 3.8) is 0 Å². The highest BCUT2D eigenvalue weighted by Crippen LogP contribution is 2.28. The third-order valence-corrected chi connectivity index (χ3v) is 5.60. The molecule has 0 spiro atoms. The van der Waals surface area contributed by atoms with E-state index < -0.39 is 0 Å². The number of phenolic OH excluding ortho intramolecular Hbond substituents is 1. The Balaban J connectivity index is 0.00000150. The number of benzene rings is 2. The number of hydrogen-bond acceptors (Lipinski definition) is 4. The number of para-hydroxylation sites is 1. The Morgan fingerprint density at radius 2 is 1.69 bits per heavy atom. The third kappa shape index (κ3) is 5.89. The van der Waals surface area contributed by atoms with Crippen LogP contribution in [0.1, 0.15) is 31.2 Å². The molecule has 2 aromatic carbocycles. The fraction of sp³-hybridized carbons (Fsp3) is 0.318. The summed E-state index contributed by atoms with van der Waals surface area (Å²) in [6.45, 7) is 0.713. The number of halogens is 3. The highest BCUT2D eigenvalue weighted by atomic mass is 35.5. The van der Waals surface area contributed by atoms with Gasteiger partial charge in [-0.1, -0.05) is 29.8 Å². The normalized spacial score (nSPS) is 18.5. The van der Waals surface area contributed by atoms with Gasteiger partial charge in [0.05, 0.1) is 5.52 Å². The molecule has 1 aromatic heterocycles. The SMILES string of the molecule is Cl.Cl.Oc1ccccc1CN[C@H]1CC[C@@H](Nc2ccnc3cc(Cl)ccc23)CC1. The van der Waals surface area contributed by atoms with E-state index in [0.29, 0.717) is 29.4 Å². The zero-order valence-electron chi connectivity index (χ0n) is 16.0. The van der Waals surface area contributed by atoms with E-state index in [2.05, 4.69) is 15.6 Å². The molecule has 4 rings (SSSR count). The van der Waals surface area contributed by atoms with Crippen molar-refractivity contribution in [3.05, 3.63) is 65.3 Å². The van der Waals surface area contributed by atoms with Crippen LogP contribution in [0.25, 0.3) is 10.9 Å². The first-order valence-electron chi connectivity index (χ1n) is 9.50. The number of hydrogen-bond donors (Lipinski definition) is 3. The zero-order valence-corrected chi connectivity index (χ0v) is 18.4. The van der Waals surface area contributed by atoms with E-state index in [1.807, 2.05) is 48.7 Å². The topological polar surface area (TPSA) is 57.2 Å². The molecule has 156 valence electrons. The molecule has 0 aliphatic heterocycles. The molecule has 1 aliphatic carbocycles. The largest absolute Gasteiger partial charge is 0.508 e. The lowest BCUT2D eigenvalue weighted by molar-refractivity contribution is 0.350. The standard InChI is InChI=1S/C22H24ClN3O.2ClH/c23-16-5-10-19-20(11-12-24-21(19)13-16)26-18-8-6-17(7-9-18)25-14-15-3-1-2-4-22(15)27;;/h1-5,10-13,17-18,25,27H,6-9,14H2,(H,24,26);2*1H/t17-,18+;;. The predicted molar refractivity (Wildman–Crippen MR) is 126 cm³/mol. The van der Waals surface area contributed by atoms with Gasteiger partial charge in [0.15, 0.2) is 0 Å².